The lowest BCUT2D eigenvalue weighted by Gasteiger charge is -2.12. The smallest absolute Gasteiger partial charge is 0.148 e. The average molecular weight is 351 g/mol. The van der Waals surface area contributed by atoms with Crippen LogP contribution in [-0.2, 0) is 25.9 Å². The largest absolute Gasteiger partial charge is 0.507 e. The molecule has 0 saturated heterocycles. The highest BCUT2D eigenvalue weighted by atomic mass is 16.5. The number of benzene rings is 2. The zero-order chi connectivity index (χ0) is 18.2. The van der Waals surface area contributed by atoms with Gasteiger partial charge in [-0.3, -0.25) is 0 Å². The third-order valence-corrected chi connectivity index (χ3v) is 4.22. The molecule has 6 nitrogen and oxygen atoms in total. The Morgan fingerprint density at radius 3 is 2.62 bits per heavy atom. The molecule has 135 valence electrons. The van der Waals surface area contributed by atoms with E-state index >= 15 is 0 Å². The molecule has 3 aromatic rings. The highest BCUT2D eigenvalue weighted by Gasteiger charge is 2.08. The van der Waals surface area contributed by atoms with Crippen molar-refractivity contribution in [2.45, 2.75) is 45.6 Å². The Bertz CT molecular complexity index is 801. The molecule has 3 rings (SSSR count). The molecule has 1 aromatic heterocycles. The second-order valence-corrected chi connectivity index (χ2v) is 6.23. The summed E-state index contributed by atoms with van der Waals surface area (Å²) in [4.78, 5) is 0. The van der Waals surface area contributed by atoms with Gasteiger partial charge in [-0.1, -0.05) is 37.6 Å². The summed E-state index contributed by atoms with van der Waals surface area (Å²) in [7, 11) is 0. The van der Waals surface area contributed by atoms with Gasteiger partial charge in [-0.25, -0.2) is 5.10 Å². The first-order valence-electron chi connectivity index (χ1n) is 8.92. The van der Waals surface area contributed by atoms with Crippen molar-refractivity contribution in [3.63, 3.8) is 0 Å². The Balaban J connectivity index is 1.52. The number of tetrazole rings is 1. The second kappa shape index (κ2) is 8.99. The molecule has 0 saturated carbocycles. The van der Waals surface area contributed by atoms with Gasteiger partial charge in [-0.2, -0.15) is 0 Å². The Hall–Kier alpha value is -2.89. The topological polar surface area (TPSA) is 83.9 Å². The maximum atomic E-state index is 9.96. The molecule has 0 atom stereocenters. The molecule has 0 aliphatic carbocycles. The average Bonchev–Trinajstić information content (AvgIpc) is 3.17. The van der Waals surface area contributed by atoms with Gasteiger partial charge in [-0.05, 0) is 52.9 Å². The summed E-state index contributed by atoms with van der Waals surface area (Å²) < 4.78 is 5.92. The molecule has 2 N–H and O–H groups in total. The minimum atomic E-state index is 0.182. The van der Waals surface area contributed by atoms with Crippen LogP contribution < -0.4 is 4.74 Å². The van der Waals surface area contributed by atoms with Crippen molar-refractivity contribution in [1.82, 2.24) is 20.6 Å². The fourth-order valence-electron chi connectivity index (χ4n) is 2.84. The number of ether oxygens (including phenoxy) is 1. The Kier molecular flexibility index (Phi) is 6.19. The molecular formula is C20H23N4O2. The molecule has 0 unspecified atom stereocenters. The molecule has 0 amide bonds. The lowest BCUT2D eigenvalue weighted by Crippen LogP contribution is -1.99. The van der Waals surface area contributed by atoms with E-state index in [2.05, 4.69) is 57.9 Å². The predicted molar refractivity (Wildman–Crippen MR) is 97.9 cm³/mol. The first-order valence-corrected chi connectivity index (χ1v) is 8.92. The van der Waals surface area contributed by atoms with E-state index in [9.17, 15) is 5.11 Å². The molecule has 1 radical (unpaired) electrons. The highest BCUT2D eigenvalue weighted by molar-refractivity contribution is 5.43. The SMILES string of the molecule is CCCc1c(O)[c]ccc1OCc1ccc(CCCc2nnn[nH]2)cc1. The number of aromatic hydroxyl groups is 1. The van der Waals surface area contributed by atoms with Crippen molar-refractivity contribution in [2.24, 2.45) is 0 Å². The molecule has 0 spiro atoms. The summed E-state index contributed by atoms with van der Waals surface area (Å²) >= 11 is 0. The zero-order valence-corrected chi connectivity index (χ0v) is 14.9. The van der Waals surface area contributed by atoms with E-state index in [1.54, 1.807) is 6.07 Å². The van der Waals surface area contributed by atoms with Crippen LogP contribution in [0.15, 0.2) is 36.4 Å². The Morgan fingerprint density at radius 1 is 1.08 bits per heavy atom. The van der Waals surface area contributed by atoms with E-state index in [0.29, 0.717) is 6.61 Å². The summed E-state index contributed by atoms with van der Waals surface area (Å²) in [5.74, 6) is 1.73. The van der Waals surface area contributed by atoms with Crippen LogP contribution in [0.2, 0.25) is 0 Å². The van der Waals surface area contributed by atoms with Crippen molar-refractivity contribution < 1.29 is 9.84 Å². The lowest BCUT2D eigenvalue weighted by atomic mass is 10.1. The number of aryl methyl sites for hydroxylation is 2. The number of hydrogen-bond acceptors (Lipinski definition) is 5. The molecule has 26 heavy (non-hydrogen) atoms. The first kappa shape index (κ1) is 17.9. The van der Waals surface area contributed by atoms with Crippen LogP contribution in [0.1, 0.15) is 42.3 Å². The van der Waals surface area contributed by atoms with E-state index in [1.807, 2.05) is 6.07 Å². The van der Waals surface area contributed by atoms with Crippen molar-refractivity contribution in [1.29, 1.82) is 0 Å². The molecule has 0 fully saturated rings. The van der Waals surface area contributed by atoms with Crippen molar-refractivity contribution in [3.8, 4) is 11.5 Å². The maximum absolute atomic E-state index is 9.96. The monoisotopic (exact) mass is 351 g/mol. The molecule has 0 bridgehead atoms. The maximum Gasteiger partial charge on any atom is 0.148 e. The lowest BCUT2D eigenvalue weighted by molar-refractivity contribution is 0.300. The number of nitrogens with one attached hydrogen (secondary N) is 1. The van der Waals surface area contributed by atoms with Gasteiger partial charge in [0.1, 0.15) is 23.9 Å². The van der Waals surface area contributed by atoms with Crippen molar-refractivity contribution in [2.75, 3.05) is 0 Å². The van der Waals surface area contributed by atoms with Crippen LogP contribution in [0.3, 0.4) is 0 Å². The number of aromatic nitrogens is 4. The second-order valence-electron chi connectivity index (χ2n) is 6.23. The summed E-state index contributed by atoms with van der Waals surface area (Å²) in [6.07, 6.45) is 4.53. The number of aromatic amines is 1. The number of phenols is 1. The minimum absolute atomic E-state index is 0.182. The van der Waals surface area contributed by atoms with Gasteiger partial charge in [0, 0.05) is 18.1 Å². The first-order chi connectivity index (χ1) is 12.8. The van der Waals surface area contributed by atoms with Crippen molar-refractivity contribution >= 4 is 0 Å². The predicted octanol–water partition coefficient (Wildman–Crippen LogP) is 3.41. The van der Waals surface area contributed by atoms with Crippen LogP contribution in [0.25, 0.3) is 0 Å². The molecule has 6 heteroatoms. The van der Waals surface area contributed by atoms with Gasteiger partial charge >= 0.3 is 0 Å². The Morgan fingerprint density at radius 2 is 1.88 bits per heavy atom. The van der Waals surface area contributed by atoms with Crippen LogP contribution >= 0.6 is 0 Å². The summed E-state index contributed by atoms with van der Waals surface area (Å²) in [5, 5.41) is 23.8. The molecule has 0 aliphatic rings. The summed E-state index contributed by atoms with van der Waals surface area (Å²) in [6, 6.07) is 14.8. The molecule has 2 aromatic carbocycles. The van der Waals surface area contributed by atoms with Crippen LogP contribution in [0.5, 0.6) is 11.5 Å². The van der Waals surface area contributed by atoms with Crippen LogP contribution in [0, 0.1) is 6.07 Å². The van der Waals surface area contributed by atoms with Gasteiger partial charge in [0.25, 0.3) is 0 Å². The fourth-order valence-corrected chi connectivity index (χ4v) is 2.84. The quantitative estimate of drug-likeness (QED) is 0.617. The molecular weight excluding hydrogens is 328 g/mol. The third-order valence-electron chi connectivity index (χ3n) is 4.22. The fraction of sp³-hybridized carbons (Fsp3) is 0.350. The van der Waals surface area contributed by atoms with E-state index in [4.69, 9.17) is 4.74 Å². The van der Waals surface area contributed by atoms with Crippen LogP contribution in [-0.4, -0.2) is 25.7 Å². The summed E-state index contributed by atoms with van der Waals surface area (Å²) in [5.41, 5.74) is 3.20. The number of phenolic OH excluding ortho intramolecular Hbond substituents is 1. The van der Waals surface area contributed by atoms with Gasteiger partial charge in [0.2, 0.25) is 0 Å². The standard InChI is InChI=1S/C20H23N4O2/c1-2-5-17-18(25)7-4-8-19(17)26-14-16-12-10-15(11-13-16)6-3-9-20-21-23-24-22-20/h4,8,10-13,25H,2-3,5-6,9,14H2,1H3,(H,21,22,23,24). The van der Waals surface area contributed by atoms with Crippen LogP contribution in [0.4, 0.5) is 0 Å². The Labute approximate surface area is 153 Å². The normalized spacial score (nSPS) is 10.8. The highest BCUT2D eigenvalue weighted by Crippen LogP contribution is 2.29. The number of nitrogens with zero attached hydrogens (tertiary/aromatic N) is 3. The third kappa shape index (κ3) is 4.81. The van der Waals surface area contributed by atoms with Gasteiger partial charge in [0.15, 0.2) is 0 Å². The number of hydrogen-bond donors (Lipinski definition) is 2. The summed E-state index contributed by atoms with van der Waals surface area (Å²) in [6.45, 7) is 2.55. The number of rotatable bonds is 9. The van der Waals surface area contributed by atoms with E-state index < -0.39 is 0 Å². The number of H-pyrrole nitrogens is 1. The van der Waals surface area contributed by atoms with E-state index in [1.165, 1.54) is 5.56 Å². The van der Waals surface area contributed by atoms with Gasteiger partial charge in [0.05, 0.1) is 0 Å². The van der Waals surface area contributed by atoms with Crippen molar-refractivity contribution in [3.05, 3.63) is 65.0 Å². The van der Waals surface area contributed by atoms with Gasteiger partial charge in [-0.15, -0.1) is 5.10 Å². The minimum Gasteiger partial charge on any atom is -0.507 e. The van der Waals surface area contributed by atoms with Gasteiger partial charge < -0.3 is 9.84 Å². The van der Waals surface area contributed by atoms with E-state index in [0.717, 1.165) is 54.8 Å². The molecule has 0 aliphatic heterocycles. The molecule has 1 heterocycles. The zero-order valence-electron chi connectivity index (χ0n) is 14.9. The van der Waals surface area contributed by atoms with E-state index in [-0.39, 0.29) is 5.75 Å².